The number of rotatable bonds is 1. The lowest BCUT2D eigenvalue weighted by molar-refractivity contribution is 0.0978. The summed E-state index contributed by atoms with van der Waals surface area (Å²) >= 11 is 0. The average Bonchev–Trinajstić information content (AvgIpc) is 2.80. The fraction of sp³-hybridized carbons (Fsp3) is 0. The highest BCUT2D eigenvalue weighted by molar-refractivity contribution is 6.15. The second-order valence-corrected chi connectivity index (χ2v) is 4.27. The Labute approximate surface area is 111 Å². The van der Waals surface area contributed by atoms with Gasteiger partial charge in [-0.15, -0.1) is 6.42 Å². The molecule has 0 aliphatic heterocycles. The zero-order chi connectivity index (χ0) is 13.4. The Balaban J connectivity index is 2.55. The van der Waals surface area contributed by atoms with Gasteiger partial charge in [-0.25, -0.2) is 0 Å². The molecule has 3 rings (SSSR count). The van der Waals surface area contributed by atoms with Crippen molar-refractivity contribution in [2.75, 3.05) is 0 Å². The number of fused-ring (bicyclic) bond motifs is 3. The molecule has 0 saturated heterocycles. The van der Waals surface area contributed by atoms with E-state index in [0.717, 1.165) is 27.4 Å². The van der Waals surface area contributed by atoms with Crippen LogP contribution in [0.1, 0.15) is 10.4 Å². The van der Waals surface area contributed by atoms with Crippen LogP contribution in [0, 0.1) is 12.3 Å². The molecule has 3 aromatic rings. The minimum atomic E-state index is -0.139. The van der Waals surface area contributed by atoms with E-state index in [1.807, 2.05) is 42.5 Å². The summed E-state index contributed by atoms with van der Waals surface area (Å²) < 4.78 is 1.66. The van der Waals surface area contributed by atoms with Crippen LogP contribution in [-0.4, -0.2) is 10.5 Å². The zero-order valence-electron chi connectivity index (χ0n) is 10.3. The largest absolute Gasteiger partial charge is 0.276 e. The van der Waals surface area contributed by atoms with Gasteiger partial charge in [0.1, 0.15) is 0 Å². The molecule has 0 fully saturated rings. The summed E-state index contributed by atoms with van der Waals surface area (Å²) in [4.78, 5) is 12.1. The maximum absolute atomic E-state index is 12.1. The van der Waals surface area contributed by atoms with Gasteiger partial charge in [0.15, 0.2) is 0 Å². The molecule has 1 aromatic heterocycles. The molecular weight excluding hydrogens is 234 g/mol. The van der Waals surface area contributed by atoms with E-state index in [2.05, 4.69) is 12.5 Å². The van der Waals surface area contributed by atoms with Crippen LogP contribution in [0.25, 0.3) is 21.8 Å². The third kappa shape index (κ3) is 1.56. The lowest BCUT2D eigenvalue weighted by Gasteiger charge is -2.01. The SMILES string of the molecule is C#Cc1ccc2c(c1)c1ccccc1n2C(=O)C=C. The summed E-state index contributed by atoms with van der Waals surface area (Å²) in [7, 11) is 0. The highest BCUT2D eigenvalue weighted by Crippen LogP contribution is 2.29. The molecule has 0 saturated carbocycles. The van der Waals surface area contributed by atoms with Gasteiger partial charge in [-0.3, -0.25) is 9.36 Å². The minimum Gasteiger partial charge on any atom is -0.276 e. The van der Waals surface area contributed by atoms with Gasteiger partial charge in [-0.1, -0.05) is 30.7 Å². The van der Waals surface area contributed by atoms with Gasteiger partial charge >= 0.3 is 0 Å². The Morgan fingerprint density at radius 1 is 1.16 bits per heavy atom. The number of para-hydroxylation sites is 1. The molecule has 0 bridgehead atoms. The van der Waals surface area contributed by atoms with Crippen LogP contribution in [0.5, 0.6) is 0 Å². The Kier molecular flexibility index (Phi) is 2.47. The van der Waals surface area contributed by atoms with E-state index >= 15 is 0 Å². The molecule has 0 radical (unpaired) electrons. The maximum Gasteiger partial charge on any atom is 0.254 e. The van der Waals surface area contributed by atoms with Crippen molar-refractivity contribution >= 4 is 27.7 Å². The Hall–Kier alpha value is -2.79. The number of aromatic nitrogens is 1. The molecule has 0 atom stereocenters. The quantitative estimate of drug-likeness (QED) is 0.474. The average molecular weight is 245 g/mol. The van der Waals surface area contributed by atoms with Gasteiger partial charge in [0, 0.05) is 16.3 Å². The molecule has 2 heteroatoms. The summed E-state index contributed by atoms with van der Waals surface area (Å²) in [6.07, 6.45) is 6.76. The fourth-order valence-corrected chi connectivity index (χ4v) is 2.39. The predicted molar refractivity (Wildman–Crippen MR) is 78.2 cm³/mol. The molecule has 0 aliphatic rings. The lowest BCUT2D eigenvalue weighted by atomic mass is 10.1. The van der Waals surface area contributed by atoms with Crippen molar-refractivity contribution in [3.63, 3.8) is 0 Å². The van der Waals surface area contributed by atoms with E-state index in [0.29, 0.717) is 0 Å². The lowest BCUT2D eigenvalue weighted by Crippen LogP contribution is -2.05. The van der Waals surface area contributed by atoms with Crippen LogP contribution in [-0.2, 0) is 0 Å². The van der Waals surface area contributed by atoms with E-state index in [9.17, 15) is 4.79 Å². The molecule has 0 spiro atoms. The molecule has 2 nitrogen and oxygen atoms in total. The number of nitrogens with zero attached hydrogens (tertiary/aromatic N) is 1. The van der Waals surface area contributed by atoms with Crippen LogP contribution in [0.4, 0.5) is 0 Å². The normalized spacial score (nSPS) is 10.5. The Morgan fingerprint density at radius 3 is 2.63 bits per heavy atom. The topological polar surface area (TPSA) is 22.0 Å². The fourth-order valence-electron chi connectivity index (χ4n) is 2.39. The monoisotopic (exact) mass is 245 g/mol. The van der Waals surface area contributed by atoms with Crippen molar-refractivity contribution in [2.24, 2.45) is 0 Å². The summed E-state index contributed by atoms with van der Waals surface area (Å²) in [5.74, 6) is 2.48. The van der Waals surface area contributed by atoms with Crippen LogP contribution >= 0.6 is 0 Å². The standard InChI is InChI=1S/C17H11NO/c1-3-12-9-10-16-14(11-12)13-7-5-6-8-15(13)18(16)17(19)4-2/h1,4-11H,2H2. The summed E-state index contributed by atoms with van der Waals surface area (Å²) in [5, 5.41) is 2.01. The van der Waals surface area contributed by atoms with Gasteiger partial charge in [0.25, 0.3) is 5.91 Å². The van der Waals surface area contributed by atoms with Crippen molar-refractivity contribution in [3.05, 3.63) is 60.7 Å². The van der Waals surface area contributed by atoms with Crippen LogP contribution < -0.4 is 0 Å². The third-order valence-electron chi connectivity index (χ3n) is 3.23. The first kappa shape index (κ1) is 11.3. The molecule has 0 unspecified atom stereocenters. The number of carbonyl (C=O) groups is 1. The number of benzene rings is 2. The Bertz CT molecular complexity index is 862. The molecular formula is C17H11NO. The Morgan fingerprint density at radius 2 is 1.89 bits per heavy atom. The summed E-state index contributed by atoms with van der Waals surface area (Å²) in [6.45, 7) is 3.56. The number of hydrogen-bond donors (Lipinski definition) is 0. The second-order valence-electron chi connectivity index (χ2n) is 4.27. The van der Waals surface area contributed by atoms with E-state index in [1.165, 1.54) is 6.08 Å². The molecule has 0 N–H and O–H groups in total. The van der Waals surface area contributed by atoms with Crippen molar-refractivity contribution in [1.82, 2.24) is 4.57 Å². The zero-order valence-corrected chi connectivity index (χ0v) is 10.3. The molecule has 0 amide bonds. The molecule has 90 valence electrons. The highest BCUT2D eigenvalue weighted by atomic mass is 16.1. The van der Waals surface area contributed by atoms with Crippen LogP contribution in [0.3, 0.4) is 0 Å². The maximum atomic E-state index is 12.1. The van der Waals surface area contributed by atoms with Gasteiger partial charge in [-0.05, 0) is 30.3 Å². The van der Waals surface area contributed by atoms with Crippen molar-refractivity contribution in [2.45, 2.75) is 0 Å². The van der Waals surface area contributed by atoms with E-state index in [-0.39, 0.29) is 5.91 Å². The van der Waals surface area contributed by atoms with E-state index in [4.69, 9.17) is 6.42 Å². The second kappa shape index (κ2) is 4.15. The number of hydrogen-bond acceptors (Lipinski definition) is 1. The van der Waals surface area contributed by atoms with E-state index < -0.39 is 0 Å². The minimum absolute atomic E-state index is 0.139. The van der Waals surface area contributed by atoms with Crippen molar-refractivity contribution in [3.8, 4) is 12.3 Å². The van der Waals surface area contributed by atoms with Crippen LogP contribution in [0.15, 0.2) is 55.1 Å². The molecule has 19 heavy (non-hydrogen) atoms. The first-order valence-corrected chi connectivity index (χ1v) is 5.93. The first-order valence-electron chi connectivity index (χ1n) is 5.93. The first-order chi connectivity index (χ1) is 9.26. The molecule has 2 aromatic carbocycles. The predicted octanol–water partition coefficient (Wildman–Crippen LogP) is 3.60. The highest BCUT2D eigenvalue weighted by Gasteiger charge is 2.13. The molecule has 1 heterocycles. The number of allylic oxidation sites excluding steroid dienone is 1. The van der Waals surface area contributed by atoms with Gasteiger partial charge in [-0.2, -0.15) is 0 Å². The third-order valence-corrected chi connectivity index (χ3v) is 3.23. The smallest absolute Gasteiger partial charge is 0.254 e. The van der Waals surface area contributed by atoms with Gasteiger partial charge in [0.2, 0.25) is 0 Å². The van der Waals surface area contributed by atoms with Gasteiger partial charge in [0.05, 0.1) is 11.0 Å². The summed E-state index contributed by atoms with van der Waals surface area (Å²) in [6, 6.07) is 13.4. The molecule has 0 aliphatic carbocycles. The van der Waals surface area contributed by atoms with Crippen molar-refractivity contribution < 1.29 is 4.79 Å². The number of carbonyl (C=O) groups excluding carboxylic acids is 1. The van der Waals surface area contributed by atoms with Gasteiger partial charge < -0.3 is 0 Å². The number of terminal acetylenes is 1. The van der Waals surface area contributed by atoms with Crippen molar-refractivity contribution in [1.29, 1.82) is 0 Å². The van der Waals surface area contributed by atoms with Crippen LogP contribution in [0.2, 0.25) is 0 Å². The summed E-state index contributed by atoms with van der Waals surface area (Å²) in [5.41, 5.74) is 2.53. The van der Waals surface area contributed by atoms with E-state index in [1.54, 1.807) is 4.57 Å².